The van der Waals surface area contributed by atoms with Crippen molar-refractivity contribution in [1.29, 1.82) is 0 Å². The number of aromatic amines is 1. The normalized spacial score (nSPS) is 11.7. The van der Waals surface area contributed by atoms with Gasteiger partial charge in [0.25, 0.3) is 0 Å². The molecular formula is C22H23N5O3S. The number of carbonyl (C=O) groups is 1. The number of hydrogen-bond acceptors (Lipinski definition) is 7. The van der Waals surface area contributed by atoms with E-state index in [1.165, 1.54) is 17.5 Å². The summed E-state index contributed by atoms with van der Waals surface area (Å²) in [7, 11) is 0. The van der Waals surface area contributed by atoms with Gasteiger partial charge in [-0.2, -0.15) is 0 Å². The zero-order chi connectivity index (χ0) is 22.2. The predicted octanol–water partition coefficient (Wildman–Crippen LogP) is 4.76. The molecule has 0 aliphatic heterocycles. The number of carboxylic acids is 1. The largest absolute Gasteiger partial charge is 0.483 e. The van der Waals surface area contributed by atoms with E-state index in [0.717, 1.165) is 17.0 Å². The van der Waals surface area contributed by atoms with Crippen molar-refractivity contribution in [2.45, 2.75) is 39.2 Å². The van der Waals surface area contributed by atoms with Crippen molar-refractivity contribution in [2.24, 2.45) is 0 Å². The van der Waals surface area contributed by atoms with Crippen LogP contribution in [0.1, 0.15) is 48.4 Å². The minimum absolute atomic E-state index is 0.143. The third kappa shape index (κ3) is 3.61. The second kappa shape index (κ2) is 7.99. The molecule has 1 aromatic carbocycles. The lowest BCUT2D eigenvalue weighted by Gasteiger charge is -2.33. The van der Waals surface area contributed by atoms with Crippen LogP contribution in [-0.2, 0) is 5.60 Å². The third-order valence-corrected chi connectivity index (χ3v) is 6.52. The van der Waals surface area contributed by atoms with Gasteiger partial charge in [-0.25, -0.2) is 9.78 Å². The number of nitrogens with two attached hydrogens (primary N) is 1. The van der Waals surface area contributed by atoms with E-state index >= 15 is 0 Å². The number of benzene rings is 1. The molecule has 4 aromatic rings. The molecule has 4 rings (SSSR count). The highest BCUT2D eigenvalue weighted by Crippen LogP contribution is 2.44. The first-order chi connectivity index (χ1) is 14.9. The van der Waals surface area contributed by atoms with Gasteiger partial charge in [0.15, 0.2) is 5.82 Å². The van der Waals surface area contributed by atoms with Gasteiger partial charge < -0.3 is 20.6 Å². The Morgan fingerprint density at radius 2 is 2.06 bits per heavy atom. The van der Waals surface area contributed by atoms with Crippen LogP contribution in [0.5, 0.6) is 5.75 Å². The maximum absolute atomic E-state index is 11.7. The van der Waals surface area contributed by atoms with E-state index in [1.807, 2.05) is 50.4 Å². The summed E-state index contributed by atoms with van der Waals surface area (Å²) < 4.78 is 7.20. The Kier molecular flexibility index (Phi) is 5.36. The highest BCUT2D eigenvalue weighted by Gasteiger charge is 2.35. The minimum Gasteiger partial charge on any atom is -0.483 e. The molecule has 0 aliphatic carbocycles. The van der Waals surface area contributed by atoms with Crippen LogP contribution in [-0.4, -0.2) is 31.2 Å². The van der Waals surface area contributed by atoms with Crippen molar-refractivity contribution < 1.29 is 14.6 Å². The Morgan fingerprint density at radius 3 is 2.71 bits per heavy atom. The van der Waals surface area contributed by atoms with Crippen LogP contribution in [0.15, 0.2) is 35.8 Å². The summed E-state index contributed by atoms with van der Waals surface area (Å²) >= 11 is 1.35. The predicted molar refractivity (Wildman–Crippen MR) is 120 cm³/mol. The monoisotopic (exact) mass is 437 g/mol. The Hall–Kier alpha value is -3.46. The van der Waals surface area contributed by atoms with Gasteiger partial charge in [0.05, 0.1) is 10.3 Å². The van der Waals surface area contributed by atoms with E-state index in [4.69, 9.17) is 10.5 Å². The van der Waals surface area contributed by atoms with Gasteiger partial charge in [0.2, 0.25) is 0 Å². The molecule has 160 valence electrons. The van der Waals surface area contributed by atoms with E-state index in [0.29, 0.717) is 40.3 Å². The van der Waals surface area contributed by atoms with Gasteiger partial charge in [-0.3, -0.25) is 0 Å². The lowest BCUT2D eigenvalue weighted by atomic mass is 9.87. The second-order valence-electron chi connectivity index (χ2n) is 7.31. The van der Waals surface area contributed by atoms with Gasteiger partial charge in [-0.15, -0.1) is 21.5 Å². The van der Waals surface area contributed by atoms with Gasteiger partial charge in [0, 0.05) is 22.7 Å². The summed E-state index contributed by atoms with van der Waals surface area (Å²) in [6, 6.07) is 7.65. The fourth-order valence-electron chi connectivity index (χ4n) is 3.79. The van der Waals surface area contributed by atoms with Gasteiger partial charge in [-0.05, 0) is 37.3 Å². The highest BCUT2D eigenvalue weighted by atomic mass is 32.1. The Bertz CT molecular complexity index is 1260. The number of carboxylic acid groups (broad SMARTS) is 1. The highest BCUT2D eigenvalue weighted by molar-refractivity contribution is 7.18. The topological polar surface area (TPSA) is 127 Å². The average Bonchev–Trinajstić information content (AvgIpc) is 3.40. The summed E-state index contributed by atoms with van der Waals surface area (Å²) in [5.74, 6) is 1.36. The minimum atomic E-state index is -1.03. The van der Waals surface area contributed by atoms with Crippen LogP contribution in [0.2, 0.25) is 0 Å². The summed E-state index contributed by atoms with van der Waals surface area (Å²) in [6.45, 7) is 5.93. The average molecular weight is 438 g/mol. The molecule has 0 saturated carbocycles. The number of thiophene rings is 1. The third-order valence-electron chi connectivity index (χ3n) is 5.51. The Labute approximate surface area is 183 Å². The number of fused-ring (bicyclic) bond motifs is 1. The van der Waals surface area contributed by atoms with Crippen LogP contribution in [0.4, 0.5) is 5.82 Å². The van der Waals surface area contributed by atoms with E-state index in [-0.39, 0.29) is 5.56 Å². The number of rotatable bonds is 7. The number of anilines is 1. The molecular weight excluding hydrogens is 414 g/mol. The van der Waals surface area contributed by atoms with E-state index < -0.39 is 11.6 Å². The SMILES string of the molecule is CCC(CC)(Oc1cccc(-c2nnc(C)[nH]2)c1)c1csc2c(C(=O)O)cnc(N)c12. The van der Waals surface area contributed by atoms with Gasteiger partial charge in [-0.1, -0.05) is 26.0 Å². The molecule has 0 fully saturated rings. The molecule has 0 aliphatic rings. The van der Waals surface area contributed by atoms with Crippen LogP contribution < -0.4 is 10.5 Å². The number of aromatic nitrogens is 4. The molecule has 8 nitrogen and oxygen atoms in total. The first-order valence-corrected chi connectivity index (χ1v) is 10.8. The van der Waals surface area contributed by atoms with Crippen molar-refractivity contribution in [1.82, 2.24) is 20.2 Å². The molecule has 3 heterocycles. The zero-order valence-electron chi connectivity index (χ0n) is 17.5. The smallest absolute Gasteiger partial charge is 0.338 e. The maximum atomic E-state index is 11.7. The van der Waals surface area contributed by atoms with E-state index in [2.05, 4.69) is 20.2 Å². The second-order valence-corrected chi connectivity index (χ2v) is 8.19. The van der Waals surface area contributed by atoms with Crippen molar-refractivity contribution in [3.63, 3.8) is 0 Å². The molecule has 4 N–H and O–H groups in total. The number of aromatic carboxylic acids is 1. The van der Waals surface area contributed by atoms with Crippen molar-refractivity contribution in [2.75, 3.05) is 5.73 Å². The van der Waals surface area contributed by atoms with Crippen LogP contribution >= 0.6 is 11.3 Å². The maximum Gasteiger partial charge on any atom is 0.338 e. The lowest BCUT2D eigenvalue weighted by Crippen LogP contribution is -2.31. The quantitative estimate of drug-likeness (QED) is 0.380. The molecule has 9 heteroatoms. The number of nitrogens with zero attached hydrogens (tertiary/aromatic N) is 3. The number of pyridine rings is 1. The van der Waals surface area contributed by atoms with Gasteiger partial charge >= 0.3 is 5.97 Å². The number of ether oxygens (including phenoxy) is 1. The van der Waals surface area contributed by atoms with Gasteiger partial charge in [0.1, 0.15) is 23.0 Å². The van der Waals surface area contributed by atoms with Crippen LogP contribution in [0.25, 0.3) is 21.5 Å². The van der Waals surface area contributed by atoms with Crippen LogP contribution in [0.3, 0.4) is 0 Å². The first kappa shape index (κ1) is 20.8. The zero-order valence-corrected chi connectivity index (χ0v) is 18.3. The number of nitrogens with one attached hydrogen (secondary N) is 1. The molecule has 3 aromatic heterocycles. The number of aryl methyl sites for hydroxylation is 1. The standard InChI is InChI=1S/C22H23N5O3S/c1-4-22(5-2,16-11-31-18-15(21(28)29)10-24-19(23)17(16)18)30-14-8-6-7-13(9-14)20-25-12(3)26-27-20/h6-11H,4-5H2,1-3H3,(H2,23,24)(H,28,29)(H,25,26,27). The Morgan fingerprint density at radius 1 is 1.29 bits per heavy atom. The molecule has 0 radical (unpaired) electrons. The summed E-state index contributed by atoms with van der Waals surface area (Å²) in [5.41, 5.74) is 7.37. The van der Waals surface area contributed by atoms with Crippen LogP contribution in [0, 0.1) is 6.92 Å². The van der Waals surface area contributed by atoms with Crippen molar-refractivity contribution in [3.05, 3.63) is 52.8 Å². The van der Waals surface area contributed by atoms with E-state index in [1.54, 1.807) is 0 Å². The van der Waals surface area contributed by atoms with E-state index in [9.17, 15) is 9.90 Å². The fraction of sp³-hybridized carbons (Fsp3) is 0.273. The summed E-state index contributed by atoms with van der Waals surface area (Å²) in [4.78, 5) is 18.9. The number of H-pyrrole nitrogens is 1. The summed E-state index contributed by atoms with van der Waals surface area (Å²) in [5, 5.41) is 20.3. The molecule has 0 unspecified atom stereocenters. The number of nitrogen functional groups attached to an aromatic ring is 1. The fourth-order valence-corrected chi connectivity index (χ4v) is 4.96. The molecule has 0 atom stereocenters. The Balaban J connectivity index is 1.81. The van der Waals surface area contributed by atoms with Crippen molar-refractivity contribution >= 4 is 33.2 Å². The summed E-state index contributed by atoms with van der Waals surface area (Å²) in [6.07, 6.45) is 2.64. The lowest BCUT2D eigenvalue weighted by molar-refractivity contribution is 0.0592. The molecule has 0 saturated heterocycles. The molecule has 0 amide bonds. The first-order valence-electron chi connectivity index (χ1n) is 9.96. The molecule has 31 heavy (non-hydrogen) atoms. The molecule has 0 spiro atoms. The van der Waals surface area contributed by atoms with Crippen molar-refractivity contribution in [3.8, 4) is 17.1 Å². The molecule has 0 bridgehead atoms. The number of hydrogen-bond donors (Lipinski definition) is 3.